The van der Waals surface area contributed by atoms with Gasteiger partial charge in [-0.05, 0) is 30.5 Å². The molecule has 0 radical (unpaired) electrons. The van der Waals surface area contributed by atoms with Crippen molar-refractivity contribution in [2.75, 3.05) is 13.1 Å². The molecule has 0 amide bonds. The van der Waals surface area contributed by atoms with Crippen molar-refractivity contribution in [3.05, 3.63) is 30.1 Å². The summed E-state index contributed by atoms with van der Waals surface area (Å²) in [5.41, 5.74) is 1.91. The SMILES string of the molecule is Cl.Cl.c1cncc(C23CNCC2C3)c1. The third-order valence-corrected chi connectivity index (χ3v) is 3.30. The van der Waals surface area contributed by atoms with E-state index in [2.05, 4.69) is 16.4 Å². The molecule has 2 aliphatic rings. The molecule has 3 rings (SSSR count). The molecule has 4 heteroatoms. The van der Waals surface area contributed by atoms with E-state index in [0.29, 0.717) is 5.41 Å². The molecule has 0 bridgehead atoms. The van der Waals surface area contributed by atoms with Crippen LogP contribution in [0.2, 0.25) is 0 Å². The lowest BCUT2D eigenvalue weighted by atomic mass is 9.97. The summed E-state index contributed by atoms with van der Waals surface area (Å²) in [7, 11) is 0. The number of pyridine rings is 1. The molecule has 1 aromatic heterocycles. The van der Waals surface area contributed by atoms with Gasteiger partial charge in [0.25, 0.3) is 0 Å². The van der Waals surface area contributed by atoms with Crippen LogP contribution in [0, 0.1) is 5.92 Å². The summed E-state index contributed by atoms with van der Waals surface area (Å²) in [6.45, 7) is 2.36. The third kappa shape index (κ3) is 1.52. The van der Waals surface area contributed by atoms with E-state index >= 15 is 0 Å². The van der Waals surface area contributed by atoms with Gasteiger partial charge in [0.2, 0.25) is 0 Å². The van der Waals surface area contributed by atoms with Gasteiger partial charge in [0.05, 0.1) is 0 Å². The van der Waals surface area contributed by atoms with Crippen LogP contribution in [0.4, 0.5) is 0 Å². The summed E-state index contributed by atoms with van der Waals surface area (Å²) in [5.74, 6) is 0.890. The third-order valence-electron chi connectivity index (χ3n) is 3.30. The predicted octanol–water partition coefficient (Wildman–Crippen LogP) is 1.79. The maximum atomic E-state index is 4.17. The molecule has 2 fully saturated rings. The Labute approximate surface area is 96.3 Å². The van der Waals surface area contributed by atoms with Crippen LogP contribution in [0.25, 0.3) is 0 Å². The van der Waals surface area contributed by atoms with E-state index in [9.17, 15) is 0 Å². The zero-order valence-corrected chi connectivity index (χ0v) is 9.40. The number of nitrogens with zero attached hydrogens (tertiary/aromatic N) is 1. The lowest BCUT2D eigenvalue weighted by Gasteiger charge is -2.10. The standard InChI is InChI=1S/C10H12N2.2ClH/c1-2-8(5-11-3-1)10-4-9(10)6-12-7-10;;/h1-3,5,9,12H,4,6-7H2;2*1H. The molecule has 1 aliphatic carbocycles. The molecule has 2 atom stereocenters. The zero-order valence-electron chi connectivity index (χ0n) is 7.77. The number of nitrogens with one attached hydrogen (secondary N) is 1. The average Bonchev–Trinajstić information content (AvgIpc) is 2.72. The molecule has 1 saturated heterocycles. The first kappa shape index (κ1) is 11.8. The van der Waals surface area contributed by atoms with Crippen LogP contribution in [-0.4, -0.2) is 18.1 Å². The summed E-state index contributed by atoms with van der Waals surface area (Å²) in [6, 6.07) is 4.25. The molecule has 14 heavy (non-hydrogen) atoms. The molecular weight excluding hydrogens is 219 g/mol. The minimum Gasteiger partial charge on any atom is -0.316 e. The van der Waals surface area contributed by atoms with Crippen molar-refractivity contribution in [3.8, 4) is 0 Å². The van der Waals surface area contributed by atoms with E-state index in [1.165, 1.54) is 18.5 Å². The van der Waals surface area contributed by atoms with Crippen molar-refractivity contribution < 1.29 is 0 Å². The first-order chi connectivity index (χ1) is 5.92. The second-order valence-corrected chi connectivity index (χ2v) is 3.93. The minimum absolute atomic E-state index is 0. The van der Waals surface area contributed by atoms with Gasteiger partial charge in [-0.15, -0.1) is 24.8 Å². The van der Waals surface area contributed by atoms with Gasteiger partial charge in [-0.1, -0.05) is 6.07 Å². The van der Waals surface area contributed by atoms with Crippen LogP contribution in [0.5, 0.6) is 0 Å². The summed E-state index contributed by atoms with van der Waals surface area (Å²) in [5, 5.41) is 3.43. The van der Waals surface area contributed by atoms with E-state index in [-0.39, 0.29) is 24.8 Å². The number of piperidine rings is 1. The van der Waals surface area contributed by atoms with Gasteiger partial charge in [-0.2, -0.15) is 0 Å². The Balaban J connectivity index is 0.000000490. The maximum Gasteiger partial charge on any atom is 0.0306 e. The molecule has 1 aliphatic heterocycles. The molecule has 1 aromatic rings. The number of halogens is 2. The molecule has 1 N–H and O–H groups in total. The number of hydrogen-bond donors (Lipinski definition) is 1. The molecule has 2 unspecified atom stereocenters. The second-order valence-electron chi connectivity index (χ2n) is 3.93. The van der Waals surface area contributed by atoms with Gasteiger partial charge in [0.15, 0.2) is 0 Å². The van der Waals surface area contributed by atoms with Crippen molar-refractivity contribution in [1.29, 1.82) is 0 Å². The van der Waals surface area contributed by atoms with E-state index in [4.69, 9.17) is 0 Å². The molecule has 78 valence electrons. The van der Waals surface area contributed by atoms with E-state index in [1.807, 2.05) is 18.5 Å². The van der Waals surface area contributed by atoms with Gasteiger partial charge < -0.3 is 5.32 Å². The van der Waals surface area contributed by atoms with Crippen LogP contribution in [0.3, 0.4) is 0 Å². The van der Waals surface area contributed by atoms with Crippen LogP contribution < -0.4 is 5.32 Å². The summed E-state index contributed by atoms with van der Waals surface area (Å²) in [4.78, 5) is 4.17. The van der Waals surface area contributed by atoms with Crippen LogP contribution in [0.15, 0.2) is 24.5 Å². The van der Waals surface area contributed by atoms with Crippen LogP contribution in [-0.2, 0) is 5.41 Å². The van der Waals surface area contributed by atoms with Gasteiger partial charge >= 0.3 is 0 Å². The molecule has 1 saturated carbocycles. The summed E-state index contributed by atoms with van der Waals surface area (Å²) < 4.78 is 0. The van der Waals surface area contributed by atoms with Crippen molar-refractivity contribution in [1.82, 2.24) is 10.3 Å². The summed E-state index contributed by atoms with van der Waals surface area (Å²) >= 11 is 0. The topological polar surface area (TPSA) is 24.9 Å². The largest absolute Gasteiger partial charge is 0.316 e. The quantitative estimate of drug-likeness (QED) is 0.799. The second kappa shape index (κ2) is 4.05. The minimum atomic E-state index is 0. The number of hydrogen-bond acceptors (Lipinski definition) is 2. The van der Waals surface area contributed by atoms with Crippen LogP contribution >= 0.6 is 24.8 Å². The normalized spacial score (nSPS) is 32.4. The van der Waals surface area contributed by atoms with Gasteiger partial charge in [0.1, 0.15) is 0 Å². The fraction of sp³-hybridized carbons (Fsp3) is 0.500. The van der Waals surface area contributed by atoms with Crippen molar-refractivity contribution in [2.24, 2.45) is 5.92 Å². The molecule has 2 nitrogen and oxygen atoms in total. The monoisotopic (exact) mass is 232 g/mol. The van der Waals surface area contributed by atoms with Crippen molar-refractivity contribution in [3.63, 3.8) is 0 Å². The molecule has 0 spiro atoms. The Morgan fingerprint density at radius 2 is 2.29 bits per heavy atom. The lowest BCUT2D eigenvalue weighted by molar-refractivity contribution is 0.673. The van der Waals surface area contributed by atoms with Gasteiger partial charge in [-0.3, -0.25) is 4.98 Å². The highest BCUT2D eigenvalue weighted by Gasteiger charge is 2.58. The number of rotatable bonds is 1. The van der Waals surface area contributed by atoms with E-state index in [1.54, 1.807) is 0 Å². The van der Waals surface area contributed by atoms with Crippen LogP contribution in [0.1, 0.15) is 12.0 Å². The number of aromatic nitrogens is 1. The Kier molecular flexibility index (Phi) is 3.40. The first-order valence-electron chi connectivity index (χ1n) is 4.53. The Morgan fingerprint density at radius 3 is 2.79 bits per heavy atom. The highest BCUT2D eigenvalue weighted by molar-refractivity contribution is 5.85. The molecule has 0 aromatic carbocycles. The van der Waals surface area contributed by atoms with Gasteiger partial charge in [-0.25, -0.2) is 0 Å². The predicted molar refractivity (Wildman–Crippen MR) is 61.4 cm³/mol. The lowest BCUT2D eigenvalue weighted by Crippen LogP contribution is -2.19. The number of fused-ring (bicyclic) bond motifs is 1. The summed E-state index contributed by atoms with van der Waals surface area (Å²) in [6.07, 6.45) is 5.23. The smallest absolute Gasteiger partial charge is 0.0306 e. The molecular formula is C10H14Cl2N2. The van der Waals surface area contributed by atoms with Crippen molar-refractivity contribution >= 4 is 24.8 Å². The molecule has 2 heterocycles. The Bertz CT molecular complexity index is 304. The highest BCUT2D eigenvalue weighted by atomic mass is 35.5. The van der Waals surface area contributed by atoms with E-state index in [0.717, 1.165) is 12.5 Å². The fourth-order valence-electron chi connectivity index (χ4n) is 2.45. The zero-order chi connectivity index (χ0) is 8.02. The van der Waals surface area contributed by atoms with E-state index < -0.39 is 0 Å². The Hall–Kier alpha value is -0.310. The van der Waals surface area contributed by atoms with Gasteiger partial charge in [0, 0.05) is 24.4 Å². The highest BCUT2D eigenvalue weighted by Crippen LogP contribution is 2.56. The first-order valence-corrected chi connectivity index (χ1v) is 4.53. The maximum absolute atomic E-state index is 4.17. The Morgan fingerprint density at radius 1 is 1.43 bits per heavy atom. The fourth-order valence-corrected chi connectivity index (χ4v) is 2.45. The van der Waals surface area contributed by atoms with Crippen molar-refractivity contribution in [2.45, 2.75) is 11.8 Å². The average molecular weight is 233 g/mol.